The summed E-state index contributed by atoms with van der Waals surface area (Å²) >= 11 is 0. The van der Waals surface area contributed by atoms with Gasteiger partial charge in [0.25, 0.3) is 10.1 Å². The van der Waals surface area contributed by atoms with Crippen LogP contribution in [0.2, 0.25) is 0 Å². The van der Waals surface area contributed by atoms with E-state index in [1.54, 1.807) is 0 Å². The van der Waals surface area contributed by atoms with Crippen LogP contribution in [0.4, 0.5) is 0 Å². The van der Waals surface area contributed by atoms with E-state index >= 15 is 0 Å². The van der Waals surface area contributed by atoms with Gasteiger partial charge < -0.3 is 10.8 Å². The fraction of sp³-hybridized carbons (Fsp3) is 1.00. The Balaban J connectivity index is 0. The molecule has 0 fully saturated rings. The second-order valence-corrected chi connectivity index (χ2v) is 4.56. The Labute approximate surface area is 94.4 Å². The molecule has 0 bridgehead atoms. The van der Waals surface area contributed by atoms with Crippen LogP contribution in [0.5, 0.6) is 0 Å². The van der Waals surface area contributed by atoms with Crippen molar-refractivity contribution in [1.82, 2.24) is 0 Å². The maximum atomic E-state index is 10.6. The van der Waals surface area contributed by atoms with Gasteiger partial charge in [0.05, 0.1) is 6.61 Å². The molecular weight excluding hydrogens is 193 g/mol. The van der Waals surface area contributed by atoms with E-state index in [4.69, 9.17) is 15.4 Å². The Hall–Kier alpha value is 0.830. The van der Waals surface area contributed by atoms with Crippen LogP contribution in [0.15, 0.2) is 0 Å². The van der Waals surface area contributed by atoms with E-state index < -0.39 is 21.5 Å². The smallest absolute Gasteiger partial charge is 0.272 e. The quantitative estimate of drug-likeness (QED) is 0.387. The monoisotopic (exact) mass is 206 g/mol. The molecule has 7 heteroatoms. The van der Waals surface area contributed by atoms with Crippen molar-refractivity contribution in [3.8, 4) is 0 Å². The van der Waals surface area contributed by atoms with Gasteiger partial charge in [-0.05, 0) is 19.9 Å². The Morgan fingerprint density at radius 3 is 2.00 bits per heavy atom. The molecule has 0 aliphatic carbocycles. The average molecular weight is 206 g/mol. The molecule has 0 aromatic rings. The summed E-state index contributed by atoms with van der Waals surface area (Å²) in [4.78, 5) is 0. The van der Waals surface area contributed by atoms with Gasteiger partial charge in [-0.1, -0.05) is 0 Å². The fourth-order valence-electron chi connectivity index (χ4n) is 0.595. The minimum absolute atomic E-state index is 0. The first-order chi connectivity index (χ1) is 4.87. The number of aliphatic hydroxyl groups excluding tert-OH is 1. The van der Waals surface area contributed by atoms with Crippen molar-refractivity contribution >= 4 is 39.7 Å². The van der Waals surface area contributed by atoms with E-state index in [-0.39, 0.29) is 42.5 Å². The molecule has 0 amide bonds. The summed E-state index contributed by atoms with van der Waals surface area (Å²) in [5.74, 6) is 0. The SMILES string of the molecule is CC(CO)(CCN)S(=O)(=O)O.[Na]. The van der Waals surface area contributed by atoms with E-state index in [0.29, 0.717) is 0 Å². The largest absolute Gasteiger partial charge is 0.395 e. The van der Waals surface area contributed by atoms with E-state index in [0.717, 1.165) is 0 Å². The molecule has 0 rings (SSSR count). The van der Waals surface area contributed by atoms with E-state index in [2.05, 4.69) is 0 Å². The minimum Gasteiger partial charge on any atom is -0.395 e. The summed E-state index contributed by atoms with van der Waals surface area (Å²) in [6, 6.07) is 0. The molecule has 0 heterocycles. The van der Waals surface area contributed by atoms with Gasteiger partial charge in [-0.25, -0.2) is 0 Å². The van der Waals surface area contributed by atoms with Crippen LogP contribution in [-0.2, 0) is 10.1 Å². The first kappa shape index (κ1) is 15.3. The van der Waals surface area contributed by atoms with Crippen LogP contribution in [0, 0.1) is 0 Å². The molecule has 0 aromatic heterocycles. The van der Waals surface area contributed by atoms with Crippen LogP contribution < -0.4 is 5.73 Å². The third-order valence-electron chi connectivity index (χ3n) is 1.63. The molecule has 12 heavy (non-hydrogen) atoms. The number of aliphatic hydroxyl groups is 1. The number of hydrogen-bond donors (Lipinski definition) is 3. The first-order valence-electron chi connectivity index (χ1n) is 3.15. The molecule has 0 aliphatic rings. The number of rotatable bonds is 4. The van der Waals surface area contributed by atoms with Gasteiger partial charge in [0.15, 0.2) is 0 Å². The van der Waals surface area contributed by atoms with Crippen molar-refractivity contribution in [3.63, 3.8) is 0 Å². The Morgan fingerprint density at radius 2 is 1.92 bits per heavy atom. The van der Waals surface area contributed by atoms with Gasteiger partial charge in [0, 0.05) is 29.6 Å². The van der Waals surface area contributed by atoms with Crippen molar-refractivity contribution in [1.29, 1.82) is 0 Å². The zero-order chi connectivity index (χ0) is 9.12. The first-order valence-corrected chi connectivity index (χ1v) is 4.59. The standard InChI is InChI=1S/C5H13NO4S.Na/c1-5(4-7,2-3-6)11(8,9)10;/h7H,2-4,6H2,1H3,(H,8,9,10);. The predicted molar refractivity (Wildman–Crippen MR) is 46.5 cm³/mol. The molecule has 0 saturated carbocycles. The predicted octanol–water partition coefficient (Wildman–Crippen LogP) is -1.41. The van der Waals surface area contributed by atoms with E-state index in [1.165, 1.54) is 6.92 Å². The van der Waals surface area contributed by atoms with E-state index in [9.17, 15) is 8.42 Å². The molecule has 1 atom stereocenters. The topological polar surface area (TPSA) is 101 Å². The zero-order valence-corrected chi connectivity index (χ0v) is 10.1. The Morgan fingerprint density at radius 1 is 1.50 bits per heavy atom. The second-order valence-electron chi connectivity index (χ2n) is 2.62. The number of nitrogens with two attached hydrogens (primary N) is 1. The van der Waals surface area contributed by atoms with Crippen molar-refractivity contribution in [2.45, 2.75) is 18.1 Å². The van der Waals surface area contributed by atoms with Gasteiger partial charge in [-0.3, -0.25) is 4.55 Å². The van der Waals surface area contributed by atoms with Gasteiger partial charge in [-0.15, -0.1) is 0 Å². The molecule has 0 saturated heterocycles. The number of hydrogen-bond acceptors (Lipinski definition) is 4. The Kier molecular flexibility index (Phi) is 7.06. The maximum Gasteiger partial charge on any atom is 0.272 e. The summed E-state index contributed by atoms with van der Waals surface area (Å²) in [5.41, 5.74) is 5.10. The molecule has 4 N–H and O–H groups in total. The normalized spacial score (nSPS) is 16.3. The van der Waals surface area contributed by atoms with Gasteiger partial charge in [0.1, 0.15) is 4.75 Å². The molecule has 0 aliphatic heterocycles. The van der Waals surface area contributed by atoms with Crippen molar-refractivity contribution in [3.05, 3.63) is 0 Å². The van der Waals surface area contributed by atoms with Crippen LogP contribution in [0.1, 0.15) is 13.3 Å². The van der Waals surface area contributed by atoms with Gasteiger partial charge in [-0.2, -0.15) is 8.42 Å². The van der Waals surface area contributed by atoms with Crippen molar-refractivity contribution in [2.24, 2.45) is 5.73 Å². The average Bonchev–Trinajstić information content (AvgIpc) is 1.86. The van der Waals surface area contributed by atoms with Crippen LogP contribution in [-0.4, -0.2) is 65.5 Å². The summed E-state index contributed by atoms with van der Waals surface area (Å²) in [6.45, 7) is 0.731. The van der Waals surface area contributed by atoms with Gasteiger partial charge >= 0.3 is 0 Å². The van der Waals surface area contributed by atoms with Crippen molar-refractivity contribution in [2.75, 3.05) is 13.2 Å². The summed E-state index contributed by atoms with van der Waals surface area (Å²) < 4.78 is 28.3. The van der Waals surface area contributed by atoms with Crippen LogP contribution >= 0.6 is 0 Å². The summed E-state index contributed by atoms with van der Waals surface area (Å²) in [5, 5.41) is 8.66. The molecule has 0 aromatic carbocycles. The van der Waals surface area contributed by atoms with E-state index in [1.807, 2.05) is 0 Å². The molecule has 1 unspecified atom stereocenters. The minimum atomic E-state index is -4.21. The van der Waals surface area contributed by atoms with Crippen LogP contribution in [0.3, 0.4) is 0 Å². The molecular formula is C5H13NNaO4S. The zero-order valence-electron chi connectivity index (χ0n) is 7.32. The van der Waals surface area contributed by atoms with Crippen LogP contribution in [0.25, 0.3) is 0 Å². The molecule has 69 valence electrons. The van der Waals surface area contributed by atoms with Crippen molar-refractivity contribution < 1.29 is 18.1 Å². The fourth-order valence-corrected chi connectivity index (χ4v) is 1.13. The maximum absolute atomic E-state index is 10.6. The third kappa shape index (κ3) is 3.69. The van der Waals surface area contributed by atoms with Gasteiger partial charge in [0.2, 0.25) is 0 Å². The second kappa shape index (κ2) is 5.54. The summed E-state index contributed by atoms with van der Waals surface area (Å²) in [7, 11) is -4.21. The molecule has 1 radical (unpaired) electrons. The summed E-state index contributed by atoms with van der Waals surface area (Å²) in [6.07, 6.45) is 0.0440. The third-order valence-corrected chi connectivity index (χ3v) is 3.21. The molecule has 5 nitrogen and oxygen atoms in total. The Bertz CT molecular complexity index is 217. The molecule has 0 spiro atoms.